The van der Waals surface area contributed by atoms with Crippen molar-refractivity contribution < 1.29 is 4.79 Å². The van der Waals surface area contributed by atoms with Gasteiger partial charge >= 0.3 is 0 Å². The summed E-state index contributed by atoms with van der Waals surface area (Å²) in [6, 6.07) is 8.15. The molecule has 0 aliphatic heterocycles. The first-order chi connectivity index (χ1) is 12.0. The number of carbonyl (C=O) groups is 1. The molecule has 0 aliphatic carbocycles. The number of thiazole rings is 1. The average molecular weight is 394 g/mol. The number of hydrogen-bond donors (Lipinski definition) is 2. The van der Waals surface area contributed by atoms with E-state index in [9.17, 15) is 9.59 Å². The molecule has 0 atom stereocenters. The van der Waals surface area contributed by atoms with Crippen LogP contribution in [0.15, 0.2) is 51.9 Å². The summed E-state index contributed by atoms with van der Waals surface area (Å²) in [4.78, 5) is 31.7. The smallest absolute Gasteiger partial charge is 0.275 e. The number of amides is 1. The number of benzene rings is 1. The van der Waals surface area contributed by atoms with Gasteiger partial charge in [0.25, 0.3) is 5.56 Å². The van der Waals surface area contributed by atoms with E-state index in [0.29, 0.717) is 21.0 Å². The van der Waals surface area contributed by atoms with Crippen LogP contribution in [-0.4, -0.2) is 26.2 Å². The quantitative estimate of drug-likeness (QED) is 0.510. The van der Waals surface area contributed by atoms with Crippen molar-refractivity contribution in [2.24, 2.45) is 0 Å². The second kappa shape index (κ2) is 7.68. The lowest BCUT2D eigenvalue weighted by Gasteiger charge is -2.14. The van der Waals surface area contributed by atoms with Crippen molar-refractivity contribution in [2.75, 3.05) is 16.8 Å². The zero-order chi connectivity index (χ0) is 17.8. The molecule has 3 aromatic rings. The molecule has 7 nitrogen and oxygen atoms in total. The monoisotopic (exact) mass is 393 g/mol. The highest BCUT2D eigenvalue weighted by Crippen LogP contribution is 2.24. The molecule has 0 bridgehead atoms. The van der Waals surface area contributed by atoms with Gasteiger partial charge in [0.2, 0.25) is 5.91 Å². The summed E-state index contributed by atoms with van der Waals surface area (Å²) in [5.41, 5.74) is 6.20. The van der Waals surface area contributed by atoms with Gasteiger partial charge in [-0.3, -0.25) is 14.2 Å². The van der Waals surface area contributed by atoms with Crippen molar-refractivity contribution in [3.05, 3.63) is 57.3 Å². The van der Waals surface area contributed by atoms with Crippen LogP contribution < -0.4 is 16.6 Å². The van der Waals surface area contributed by atoms with Gasteiger partial charge in [0.1, 0.15) is 5.82 Å². The highest BCUT2D eigenvalue weighted by molar-refractivity contribution is 7.99. The topological polar surface area (TPSA) is 103 Å². The number of nitrogens with two attached hydrogens (primary N) is 1. The molecule has 0 saturated heterocycles. The second-order valence-corrected chi connectivity index (χ2v) is 7.06. The molecule has 3 N–H and O–H groups in total. The Bertz CT molecular complexity index is 942. The Labute approximate surface area is 155 Å². The van der Waals surface area contributed by atoms with Crippen LogP contribution in [0.4, 0.5) is 10.9 Å². The summed E-state index contributed by atoms with van der Waals surface area (Å²) in [5, 5.41) is 5.85. The summed E-state index contributed by atoms with van der Waals surface area (Å²) < 4.78 is 1.60. The van der Waals surface area contributed by atoms with E-state index in [1.54, 1.807) is 40.4 Å². The van der Waals surface area contributed by atoms with Crippen LogP contribution in [0.2, 0.25) is 5.02 Å². The van der Waals surface area contributed by atoms with Crippen LogP contribution in [0, 0.1) is 0 Å². The van der Waals surface area contributed by atoms with E-state index in [0.717, 1.165) is 11.8 Å². The SMILES string of the molecule is Nc1cc(=O)nc(SCC(=O)Nc2nccs2)n1-c1ccc(Cl)cc1. The normalized spacial score (nSPS) is 10.6. The first-order valence-electron chi connectivity index (χ1n) is 7.00. The number of rotatable bonds is 5. The van der Waals surface area contributed by atoms with Gasteiger partial charge < -0.3 is 11.1 Å². The second-order valence-electron chi connectivity index (χ2n) is 4.79. The molecular formula is C15H12ClN5O2S2. The number of nitrogens with one attached hydrogen (secondary N) is 1. The molecular weight excluding hydrogens is 382 g/mol. The predicted molar refractivity (Wildman–Crippen MR) is 101 cm³/mol. The van der Waals surface area contributed by atoms with Crippen LogP contribution in [0.25, 0.3) is 5.69 Å². The number of nitrogen functional groups attached to an aromatic ring is 1. The van der Waals surface area contributed by atoms with E-state index in [1.165, 1.54) is 17.4 Å². The van der Waals surface area contributed by atoms with Gasteiger partial charge in [-0.1, -0.05) is 23.4 Å². The Morgan fingerprint density at radius 3 is 2.80 bits per heavy atom. The lowest BCUT2D eigenvalue weighted by molar-refractivity contribution is -0.113. The lowest BCUT2D eigenvalue weighted by atomic mass is 10.3. The number of thioether (sulfide) groups is 1. The number of aromatic nitrogens is 3. The van der Waals surface area contributed by atoms with Crippen LogP contribution in [0.3, 0.4) is 0 Å². The lowest BCUT2D eigenvalue weighted by Crippen LogP contribution is -2.19. The van der Waals surface area contributed by atoms with E-state index in [-0.39, 0.29) is 17.5 Å². The van der Waals surface area contributed by atoms with Crippen LogP contribution >= 0.6 is 34.7 Å². The molecule has 0 unspecified atom stereocenters. The zero-order valence-electron chi connectivity index (χ0n) is 12.7. The molecule has 0 spiro atoms. The fourth-order valence-corrected chi connectivity index (χ4v) is 3.49. The third kappa shape index (κ3) is 4.38. The third-order valence-corrected chi connectivity index (χ3v) is 4.90. The molecule has 2 aromatic heterocycles. The van der Waals surface area contributed by atoms with E-state index in [2.05, 4.69) is 15.3 Å². The van der Waals surface area contributed by atoms with Crippen molar-refractivity contribution in [3.63, 3.8) is 0 Å². The third-order valence-electron chi connectivity index (χ3n) is 3.02. The van der Waals surface area contributed by atoms with Crippen molar-refractivity contribution in [2.45, 2.75) is 5.16 Å². The van der Waals surface area contributed by atoms with E-state index < -0.39 is 5.56 Å². The number of halogens is 1. The largest absolute Gasteiger partial charge is 0.385 e. The standard InChI is InChI=1S/C15H12ClN5O2S2/c16-9-1-3-10(4-2-9)21-11(17)7-12(22)20-15(21)25-8-13(23)19-14-18-5-6-24-14/h1-7H,8,17H2,(H,18,19,23). The molecule has 0 fully saturated rings. The molecule has 10 heteroatoms. The Hall–Kier alpha value is -2.36. The summed E-state index contributed by atoms with van der Waals surface area (Å²) in [6.45, 7) is 0. The molecule has 0 radical (unpaired) electrons. The Balaban J connectivity index is 1.83. The Morgan fingerprint density at radius 1 is 1.36 bits per heavy atom. The summed E-state index contributed by atoms with van der Waals surface area (Å²) >= 11 is 8.34. The first-order valence-corrected chi connectivity index (χ1v) is 9.25. The number of nitrogens with zero attached hydrogens (tertiary/aromatic N) is 3. The summed E-state index contributed by atoms with van der Waals surface area (Å²) in [7, 11) is 0. The van der Waals surface area contributed by atoms with Crippen molar-refractivity contribution in [3.8, 4) is 5.69 Å². The van der Waals surface area contributed by atoms with Gasteiger partial charge in [0.15, 0.2) is 10.3 Å². The fraction of sp³-hybridized carbons (Fsp3) is 0.0667. The molecule has 0 aliphatic rings. The highest BCUT2D eigenvalue weighted by Gasteiger charge is 2.13. The molecule has 1 aromatic carbocycles. The van der Waals surface area contributed by atoms with Gasteiger partial charge in [-0.25, -0.2) is 4.98 Å². The van der Waals surface area contributed by atoms with E-state index in [4.69, 9.17) is 17.3 Å². The molecule has 2 heterocycles. The highest BCUT2D eigenvalue weighted by atomic mass is 35.5. The van der Waals surface area contributed by atoms with Crippen molar-refractivity contribution in [1.29, 1.82) is 0 Å². The maximum Gasteiger partial charge on any atom is 0.275 e. The fourth-order valence-electron chi connectivity index (χ4n) is 2.00. The van der Waals surface area contributed by atoms with Gasteiger partial charge in [0.05, 0.1) is 5.75 Å². The molecule has 0 saturated carbocycles. The maximum absolute atomic E-state index is 12.0. The number of hydrogen-bond acceptors (Lipinski definition) is 7. The molecule has 1 amide bonds. The van der Waals surface area contributed by atoms with E-state index >= 15 is 0 Å². The van der Waals surface area contributed by atoms with Crippen molar-refractivity contribution >= 4 is 51.6 Å². The van der Waals surface area contributed by atoms with Crippen molar-refractivity contribution in [1.82, 2.24) is 14.5 Å². The zero-order valence-corrected chi connectivity index (χ0v) is 15.1. The summed E-state index contributed by atoms with van der Waals surface area (Å²) in [6.07, 6.45) is 1.60. The predicted octanol–water partition coefficient (Wildman–Crippen LogP) is 2.66. The number of anilines is 2. The molecule has 128 valence electrons. The van der Waals surface area contributed by atoms with Crippen LogP contribution in [0.1, 0.15) is 0 Å². The maximum atomic E-state index is 12.0. The molecule has 3 rings (SSSR count). The Morgan fingerprint density at radius 2 is 2.12 bits per heavy atom. The minimum absolute atomic E-state index is 0.0586. The van der Waals surface area contributed by atoms with Gasteiger partial charge in [-0.2, -0.15) is 4.98 Å². The van der Waals surface area contributed by atoms with Gasteiger partial charge in [-0.05, 0) is 24.3 Å². The average Bonchev–Trinajstić information content (AvgIpc) is 3.07. The van der Waals surface area contributed by atoms with Crippen LogP contribution in [-0.2, 0) is 4.79 Å². The van der Waals surface area contributed by atoms with Gasteiger partial charge in [-0.15, -0.1) is 11.3 Å². The first kappa shape index (κ1) is 17.5. The summed E-state index contributed by atoms with van der Waals surface area (Å²) in [5.74, 6) is 0.0349. The van der Waals surface area contributed by atoms with Gasteiger partial charge in [0, 0.05) is 28.4 Å². The molecule has 25 heavy (non-hydrogen) atoms. The van der Waals surface area contributed by atoms with Crippen LogP contribution in [0.5, 0.6) is 0 Å². The Kier molecular flexibility index (Phi) is 5.37. The number of carbonyl (C=O) groups excluding carboxylic acids is 1. The minimum Gasteiger partial charge on any atom is -0.385 e. The minimum atomic E-state index is -0.467. The van der Waals surface area contributed by atoms with E-state index in [1.807, 2.05) is 0 Å².